The van der Waals surface area contributed by atoms with E-state index < -0.39 is 4.92 Å². The van der Waals surface area contributed by atoms with Crippen LogP contribution < -0.4 is 14.9 Å². The minimum atomic E-state index is -0.445. The lowest BCUT2D eigenvalue weighted by atomic mass is 10.2. The molecule has 0 spiro atoms. The van der Waals surface area contributed by atoms with E-state index in [0.717, 1.165) is 16.7 Å². The number of benzene rings is 3. The van der Waals surface area contributed by atoms with Crippen molar-refractivity contribution >= 4 is 35.1 Å². The summed E-state index contributed by atoms with van der Waals surface area (Å²) >= 11 is 12.3. The molecule has 0 unspecified atom stereocenters. The van der Waals surface area contributed by atoms with Crippen LogP contribution in [0.15, 0.2) is 65.8 Å². The van der Waals surface area contributed by atoms with E-state index in [-0.39, 0.29) is 12.3 Å². The molecular formula is C23H21Cl2N3O4. The Morgan fingerprint density at radius 2 is 1.72 bits per heavy atom. The number of hydrogen-bond acceptors (Lipinski definition) is 6. The van der Waals surface area contributed by atoms with Gasteiger partial charge in [-0.15, -0.1) is 0 Å². The zero-order valence-corrected chi connectivity index (χ0v) is 18.8. The van der Waals surface area contributed by atoms with E-state index >= 15 is 0 Å². The van der Waals surface area contributed by atoms with Crippen LogP contribution in [0.5, 0.6) is 11.5 Å². The second kappa shape index (κ2) is 11.4. The molecule has 1 N–H and O–H groups in total. The summed E-state index contributed by atoms with van der Waals surface area (Å²) in [6.45, 7) is 3.03. The van der Waals surface area contributed by atoms with E-state index in [4.69, 9.17) is 32.7 Å². The largest absolute Gasteiger partial charge is 0.490 e. The molecule has 9 heteroatoms. The lowest BCUT2D eigenvalue weighted by Crippen LogP contribution is -2.06. The molecule has 0 saturated heterocycles. The predicted octanol–water partition coefficient (Wildman–Crippen LogP) is 6.00. The summed E-state index contributed by atoms with van der Waals surface area (Å²) in [5.74, 6) is 0.888. The Bertz CT molecular complexity index is 1090. The maximum absolute atomic E-state index is 10.8. The van der Waals surface area contributed by atoms with Crippen molar-refractivity contribution in [2.75, 3.05) is 6.61 Å². The summed E-state index contributed by atoms with van der Waals surface area (Å²) in [6, 6.07) is 17.1. The highest BCUT2D eigenvalue weighted by molar-refractivity contribution is 6.32. The molecular weight excluding hydrogens is 453 g/mol. The number of nitro groups is 1. The second-order valence-corrected chi connectivity index (χ2v) is 7.54. The Morgan fingerprint density at radius 1 is 1.03 bits per heavy atom. The van der Waals surface area contributed by atoms with Crippen molar-refractivity contribution in [3.8, 4) is 11.5 Å². The Morgan fingerprint density at radius 3 is 2.38 bits per heavy atom. The standard InChI is InChI=1S/C23H21Cl2N3O4/c1-2-31-22-12-18(14-27-26-13-16-3-7-19(24)8-4-16)11-21(25)23(22)32-15-17-5-9-20(10-6-17)28(29)30/h3-12,14,26H,2,13,15H2,1H3/b27-14-. The van der Waals surface area contributed by atoms with Crippen molar-refractivity contribution in [3.05, 3.63) is 97.5 Å². The minimum absolute atomic E-state index is 0.0232. The molecule has 0 amide bonds. The number of hydrogen-bond donors (Lipinski definition) is 1. The van der Waals surface area contributed by atoms with Crippen LogP contribution in [-0.2, 0) is 13.2 Å². The van der Waals surface area contributed by atoms with Crippen molar-refractivity contribution < 1.29 is 14.4 Å². The van der Waals surface area contributed by atoms with Crippen LogP contribution in [0, 0.1) is 10.1 Å². The van der Waals surface area contributed by atoms with E-state index in [1.165, 1.54) is 12.1 Å². The molecule has 0 aliphatic carbocycles. The average molecular weight is 474 g/mol. The summed E-state index contributed by atoms with van der Waals surface area (Å²) in [4.78, 5) is 10.3. The first kappa shape index (κ1) is 23.4. The van der Waals surface area contributed by atoms with Crippen LogP contribution >= 0.6 is 23.2 Å². The third-order valence-electron chi connectivity index (χ3n) is 4.36. The van der Waals surface area contributed by atoms with E-state index in [0.29, 0.717) is 34.7 Å². The fourth-order valence-corrected chi connectivity index (χ4v) is 3.19. The first-order chi connectivity index (χ1) is 15.5. The summed E-state index contributed by atoms with van der Waals surface area (Å²) < 4.78 is 11.5. The smallest absolute Gasteiger partial charge is 0.269 e. The van der Waals surface area contributed by atoms with Gasteiger partial charge < -0.3 is 14.9 Å². The zero-order valence-electron chi connectivity index (χ0n) is 17.3. The fourth-order valence-electron chi connectivity index (χ4n) is 2.79. The lowest BCUT2D eigenvalue weighted by molar-refractivity contribution is -0.384. The number of halogens is 2. The Hall–Kier alpha value is -3.29. The van der Waals surface area contributed by atoms with Crippen molar-refractivity contribution in [1.29, 1.82) is 0 Å². The van der Waals surface area contributed by atoms with Gasteiger partial charge in [0.05, 0.1) is 29.3 Å². The number of rotatable bonds is 10. The monoisotopic (exact) mass is 473 g/mol. The van der Waals surface area contributed by atoms with Crippen LogP contribution in [0.2, 0.25) is 10.0 Å². The van der Waals surface area contributed by atoms with E-state index in [2.05, 4.69) is 10.5 Å². The first-order valence-electron chi connectivity index (χ1n) is 9.79. The van der Waals surface area contributed by atoms with Gasteiger partial charge in [-0.05, 0) is 60.0 Å². The van der Waals surface area contributed by atoms with Crippen molar-refractivity contribution in [1.82, 2.24) is 5.43 Å². The minimum Gasteiger partial charge on any atom is -0.490 e. The summed E-state index contributed by atoms with van der Waals surface area (Å²) in [5.41, 5.74) is 5.56. The van der Waals surface area contributed by atoms with E-state index in [1.807, 2.05) is 31.2 Å². The molecule has 0 heterocycles. The molecule has 0 fully saturated rings. The normalized spacial score (nSPS) is 10.8. The van der Waals surface area contributed by atoms with E-state index in [9.17, 15) is 10.1 Å². The van der Waals surface area contributed by atoms with Crippen molar-refractivity contribution in [2.24, 2.45) is 5.10 Å². The summed E-state index contributed by atoms with van der Waals surface area (Å²) in [5, 5.41) is 16.1. The van der Waals surface area contributed by atoms with Crippen molar-refractivity contribution in [2.45, 2.75) is 20.1 Å². The van der Waals surface area contributed by atoms with Gasteiger partial charge in [0.15, 0.2) is 11.5 Å². The molecule has 0 aromatic heterocycles. The van der Waals surface area contributed by atoms with Gasteiger partial charge in [-0.1, -0.05) is 35.3 Å². The van der Waals surface area contributed by atoms with Gasteiger partial charge in [-0.2, -0.15) is 5.10 Å². The second-order valence-electron chi connectivity index (χ2n) is 6.69. The van der Waals surface area contributed by atoms with Crippen molar-refractivity contribution in [3.63, 3.8) is 0 Å². The highest BCUT2D eigenvalue weighted by Crippen LogP contribution is 2.37. The van der Waals surface area contributed by atoms with Gasteiger partial charge in [-0.25, -0.2) is 0 Å². The number of nitrogens with zero attached hydrogens (tertiary/aromatic N) is 2. The number of non-ortho nitro benzene ring substituents is 1. The molecule has 0 aliphatic heterocycles. The quantitative estimate of drug-likeness (QED) is 0.221. The van der Waals surface area contributed by atoms with Crippen LogP contribution in [-0.4, -0.2) is 17.7 Å². The third-order valence-corrected chi connectivity index (χ3v) is 4.90. The number of ether oxygens (including phenoxy) is 2. The highest BCUT2D eigenvalue weighted by Gasteiger charge is 2.13. The number of nitrogens with one attached hydrogen (secondary N) is 1. The molecule has 166 valence electrons. The van der Waals surface area contributed by atoms with Crippen LogP contribution in [0.25, 0.3) is 0 Å². The highest BCUT2D eigenvalue weighted by atomic mass is 35.5. The molecule has 3 aromatic rings. The van der Waals surface area contributed by atoms with Crippen LogP contribution in [0.4, 0.5) is 5.69 Å². The first-order valence-corrected chi connectivity index (χ1v) is 10.5. The summed E-state index contributed by atoms with van der Waals surface area (Å²) in [7, 11) is 0. The molecule has 0 atom stereocenters. The molecule has 32 heavy (non-hydrogen) atoms. The lowest BCUT2D eigenvalue weighted by Gasteiger charge is -2.14. The zero-order chi connectivity index (χ0) is 22.9. The number of nitro benzene ring substituents is 1. The Labute approximate surface area is 195 Å². The number of hydrazone groups is 1. The third kappa shape index (κ3) is 6.60. The van der Waals surface area contributed by atoms with Gasteiger partial charge in [0, 0.05) is 17.2 Å². The molecule has 3 aromatic carbocycles. The van der Waals surface area contributed by atoms with Gasteiger partial charge in [0.2, 0.25) is 0 Å². The molecule has 0 bridgehead atoms. The Balaban J connectivity index is 1.66. The van der Waals surface area contributed by atoms with E-state index in [1.54, 1.807) is 30.5 Å². The van der Waals surface area contributed by atoms with Gasteiger partial charge in [0.25, 0.3) is 5.69 Å². The maximum Gasteiger partial charge on any atom is 0.269 e. The molecule has 7 nitrogen and oxygen atoms in total. The summed E-state index contributed by atoms with van der Waals surface area (Å²) in [6.07, 6.45) is 1.64. The molecule has 3 rings (SSSR count). The fraction of sp³-hybridized carbons (Fsp3) is 0.174. The van der Waals surface area contributed by atoms with Gasteiger partial charge in [0.1, 0.15) is 6.61 Å². The Kier molecular flexibility index (Phi) is 8.30. The predicted molar refractivity (Wildman–Crippen MR) is 126 cm³/mol. The van der Waals surface area contributed by atoms with Gasteiger partial charge in [-0.3, -0.25) is 10.1 Å². The maximum atomic E-state index is 10.8. The molecule has 0 radical (unpaired) electrons. The van der Waals surface area contributed by atoms with Gasteiger partial charge >= 0.3 is 0 Å². The molecule has 0 aliphatic rings. The SMILES string of the molecule is CCOc1cc(/C=N\NCc2ccc(Cl)cc2)cc(Cl)c1OCc1ccc([N+](=O)[O-])cc1. The average Bonchev–Trinajstić information content (AvgIpc) is 2.78. The van der Waals surface area contributed by atoms with Crippen LogP contribution in [0.3, 0.4) is 0 Å². The topological polar surface area (TPSA) is 86.0 Å². The molecule has 0 saturated carbocycles. The van der Waals surface area contributed by atoms with Crippen LogP contribution in [0.1, 0.15) is 23.6 Å².